The predicted molar refractivity (Wildman–Crippen MR) is 114 cm³/mol. The summed E-state index contributed by atoms with van der Waals surface area (Å²) in [4.78, 5) is 15.0. The molecule has 1 unspecified atom stereocenters. The van der Waals surface area contributed by atoms with Crippen molar-refractivity contribution < 1.29 is 13.2 Å². The second-order valence-corrected chi connectivity index (χ2v) is 9.12. The highest BCUT2D eigenvalue weighted by Crippen LogP contribution is 2.20. The molecular weight excluding hydrogens is 384 g/mol. The van der Waals surface area contributed by atoms with Crippen LogP contribution in [0.15, 0.2) is 77.7 Å². The summed E-state index contributed by atoms with van der Waals surface area (Å²) in [5.41, 5.74) is 0.922. The van der Waals surface area contributed by atoms with E-state index in [9.17, 15) is 13.2 Å². The number of hydrogen-bond acceptors (Lipinski definition) is 3. The van der Waals surface area contributed by atoms with Crippen LogP contribution >= 0.6 is 0 Å². The van der Waals surface area contributed by atoms with Crippen molar-refractivity contribution in [3.8, 4) is 0 Å². The van der Waals surface area contributed by atoms with E-state index in [-0.39, 0.29) is 10.8 Å². The van der Waals surface area contributed by atoms with E-state index in [1.807, 2.05) is 54.6 Å². The molecule has 5 nitrogen and oxygen atoms in total. The molecule has 29 heavy (non-hydrogen) atoms. The van der Waals surface area contributed by atoms with Gasteiger partial charge in [0.25, 0.3) is 0 Å². The number of rotatable bonds is 6. The molecule has 3 aromatic carbocycles. The van der Waals surface area contributed by atoms with Gasteiger partial charge in [0.05, 0.1) is 4.90 Å². The van der Waals surface area contributed by atoms with Crippen molar-refractivity contribution in [1.29, 1.82) is 0 Å². The third kappa shape index (κ3) is 4.49. The van der Waals surface area contributed by atoms with Gasteiger partial charge >= 0.3 is 0 Å². The third-order valence-electron chi connectivity index (χ3n) is 5.33. The highest BCUT2D eigenvalue weighted by Gasteiger charge is 2.30. The normalized spacial score (nSPS) is 15.5. The summed E-state index contributed by atoms with van der Waals surface area (Å²) in [5, 5.41) is 1.82. The van der Waals surface area contributed by atoms with Gasteiger partial charge in [-0.05, 0) is 47.7 Å². The summed E-state index contributed by atoms with van der Waals surface area (Å²) in [6.45, 7) is 1.36. The maximum atomic E-state index is 13.1. The zero-order chi connectivity index (χ0) is 20.3. The molecule has 1 saturated heterocycles. The van der Waals surface area contributed by atoms with Gasteiger partial charge in [-0.3, -0.25) is 4.79 Å². The zero-order valence-corrected chi connectivity index (χ0v) is 16.9. The van der Waals surface area contributed by atoms with Crippen LogP contribution in [0.25, 0.3) is 10.8 Å². The maximum Gasteiger partial charge on any atom is 0.241 e. The molecule has 3 aromatic rings. The van der Waals surface area contributed by atoms with Crippen LogP contribution in [0.3, 0.4) is 0 Å². The van der Waals surface area contributed by atoms with E-state index in [0.29, 0.717) is 19.5 Å². The largest absolute Gasteiger partial charge is 0.341 e. The molecule has 0 aliphatic carbocycles. The Morgan fingerprint density at radius 3 is 2.28 bits per heavy atom. The zero-order valence-electron chi connectivity index (χ0n) is 16.1. The molecule has 1 amide bonds. The summed E-state index contributed by atoms with van der Waals surface area (Å²) in [7, 11) is -3.84. The Balaban J connectivity index is 1.63. The van der Waals surface area contributed by atoms with Gasteiger partial charge in [-0.1, -0.05) is 60.7 Å². The Morgan fingerprint density at radius 2 is 1.55 bits per heavy atom. The molecule has 0 bridgehead atoms. The molecule has 1 heterocycles. The number of amides is 1. The number of likely N-dealkylation sites (tertiary alicyclic amines) is 1. The summed E-state index contributed by atoms with van der Waals surface area (Å²) in [6.07, 6.45) is 2.24. The highest BCUT2D eigenvalue weighted by molar-refractivity contribution is 7.89. The average Bonchev–Trinajstić information content (AvgIpc) is 3.28. The number of nitrogens with one attached hydrogen (secondary N) is 1. The van der Waals surface area contributed by atoms with Gasteiger partial charge in [-0.25, -0.2) is 8.42 Å². The number of nitrogens with zero attached hydrogens (tertiary/aromatic N) is 1. The van der Waals surface area contributed by atoms with E-state index >= 15 is 0 Å². The van der Waals surface area contributed by atoms with Gasteiger partial charge in [-0.2, -0.15) is 4.72 Å². The first kappa shape index (κ1) is 19.6. The topological polar surface area (TPSA) is 66.5 Å². The summed E-state index contributed by atoms with van der Waals surface area (Å²) >= 11 is 0. The summed E-state index contributed by atoms with van der Waals surface area (Å²) in [5.74, 6) is -0.157. The average molecular weight is 409 g/mol. The first-order valence-corrected chi connectivity index (χ1v) is 11.4. The molecule has 6 heteroatoms. The Morgan fingerprint density at radius 1 is 0.897 bits per heavy atom. The first-order valence-electron chi connectivity index (χ1n) is 9.87. The van der Waals surface area contributed by atoms with Crippen LogP contribution in [-0.4, -0.2) is 38.4 Å². The predicted octanol–water partition coefficient (Wildman–Crippen LogP) is 3.35. The third-order valence-corrected chi connectivity index (χ3v) is 6.80. The molecule has 0 radical (unpaired) electrons. The van der Waals surface area contributed by atoms with E-state index < -0.39 is 16.1 Å². The fraction of sp³-hybridized carbons (Fsp3) is 0.261. The molecule has 0 saturated carbocycles. The number of hydrogen-bond donors (Lipinski definition) is 1. The molecule has 1 fully saturated rings. The van der Waals surface area contributed by atoms with Crippen LogP contribution in [0.1, 0.15) is 18.4 Å². The number of carbonyl (C=O) groups is 1. The fourth-order valence-corrected chi connectivity index (χ4v) is 5.00. The molecule has 1 aliphatic rings. The van der Waals surface area contributed by atoms with Crippen molar-refractivity contribution in [3.63, 3.8) is 0 Å². The summed E-state index contributed by atoms with van der Waals surface area (Å²) < 4.78 is 28.9. The molecule has 4 rings (SSSR count). The van der Waals surface area contributed by atoms with Crippen molar-refractivity contribution in [1.82, 2.24) is 9.62 Å². The van der Waals surface area contributed by atoms with Crippen LogP contribution in [0.4, 0.5) is 0 Å². The molecule has 150 valence electrons. The molecule has 1 atom stereocenters. The Bertz CT molecular complexity index is 1110. The molecule has 0 aromatic heterocycles. The number of sulfonamides is 1. The Kier molecular flexibility index (Phi) is 5.65. The lowest BCUT2D eigenvalue weighted by Crippen LogP contribution is -2.48. The molecular formula is C23H24N2O3S. The lowest BCUT2D eigenvalue weighted by atomic mass is 10.1. The van der Waals surface area contributed by atoms with Gasteiger partial charge in [0.1, 0.15) is 6.04 Å². The van der Waals surface area contributed by atoms with Gasteiger partial charge in [0.15, 0.2) is 0 Å². The highest BCUT2D eigenvalue weighted by atomic mass is 32.2. The second kappa shape index (κ2) is 8.35. The number of benzene rings is 3. The minimum atomic E-state index is -3.84. The van der Waals surface area contributed by atoms with Crippen LogP contribution in [0.2, 0.25) is 0 Å². The smallest absolute Gasteiger partial charge is 0.241 e. The van der Waals surface area contributed by atoms with E-state index in [1.54, 1.807) is 23.1 Å². The number of carbonyl (C=O) groups excluding carboxylic acids is 1. The standard InChI is InChI=1S/C23H24N2O3S/c26-23(25-14-6-7-15-25)22(16-18-8-2-1-3-9-18)24-29(27,28)21-13-12-19-10-4-5-11-20(19)17-21/h1-5,8-13,17,22,24H,6-7,14-16H2. The van der Waals surface area contributed by atoms with E-state index in [1.165, 1.54) is 0 Å². The quantitative estimate of drug-likeness (QED) is 0.680. The number of fused-ring (bicyclic) bond motifs is 1. The van der Waals surface area contributed by atoms with Crippen molar-refractivity contribution >= 4 is 26.7 Å². The second-order valence-electron chi connectivity index (χ2n) is 7.40. The molecule has 1 N–H and O–H groups in total. The van der Waals surface area contributed by atoms with Crippen LogP contribution < -0.4 is 4.72 Å². The lowest BCUT2D eigenvalue weighted by Gasteiger charge is -2.24. The molecule has 1 aliphatic heterocycles. The SMILES string of the molecule is O=C(C(Cc1ccccc1)NS(=O)(=O)c1ccc2ccccc2c1)N1CCCC1. The maximum absolute atomic E-state index is 13.1. The van der Waals surface area contributed by atoms with E-state index in [2.05, 4.69) is 4.72 Å². The van der Waals surface area contributed by atoms with Crippen molar-refractivity contribution in [3.05, 3.63) is 78.4 Å². The first-order chi connectivity index (χ1) is 14.0. The van der Waals surface area contributed by atoms with E-state index in [0.717, 1.165) is 29.2 Å². The Hall–Kier alpha value is -2.70. The van der Waals surface area contributed by atoms with Crippen LogP contribution in [0, 0.1) is 0 Å². The van der Waals surface area contributed by atoms with Gasteiger partial charge in [0, 0.05) is 13.1 Å². The van der Waals surface area contributed by atoms with Crippen molar-refractivity contribution in [2.45, 2.75) is 30.2 Å². The lowest BCUT2D eigenvalue weighted by molar-refractivity contribution is -0.131. The van der Waals surface area contributed by atoms with Crippen LogP contribution in [-0.2, 0) is 21.2 Å². The minimum Gasteiger partial charge on any atom is -0.341 e. The van der Waals surface area contributed by atoms with Gasteiger partial charge in [0.2, 0.25) is 15.9 Å². The minimum absolute atomic E-state index is 0.157. The fourth-order valence-electron chi connectivity index (χ4n) is 3.78. The monoisotopic (exact) mass is 408 g/mol. The van der Waals surface area contributed by atoms with Crippen LogP contribution in [0.5, 0.6) is 0 Å². The molecule has 0 spiro atoms. The van der Waals surface area contributed by atoms with E-state index in [4.69, 9.17) is 0 Å². The van der Waals surface area contributed by atoms with Crippen molar-refractivity contribution in [2.24, 2.45) is 0 Å². The Labute approximate surface area is 171 Å². The van der Waals surface area contributed by atoms with Crippen molar-refractivity contribution in [2.75, 3.05) is 13.1 Å². The van der Waals surface area contributed by atoms with Gasteiger partial charge in [-0.15, -0.1) is 0 Å². The van der Waals surface area contributed by atoms with Gasteiger partial charge < -0.3 is 4.90 Å². The summed E-state index contributed by atoms with van der Waals surface area (Å²) in [6, 6.07) is 21.3.